The van der Waals surface area contributed by atoms with E-state index in [4.69, 9.17) is 23.2 Å². The van der Waals surface area contributed by atoms with Gasteiger partial charge in [0.15, 0.2) is 0 Å². The van der Waals surface area contributed by atoms with Gasteiger partial charge in [-0.1, -0.05) is 12.7 Å². The number of allylic oxidation sites excluding steroid dienone is 3. The fourth-order valence-electron chi connectivity index (χ4n) is 0.437. The largest absolute Gasteiger partial charge is 0.276 e. The molecule has 0 rings (SSSR count). The molecule has 0 fully saturated rings. The summed E-state index contributed by atoms with van der Waals surface area (Å²) >= 11 is 10.2. The van der Waals surface area contributed by atoms with E-state index >= 15 is 0 Å². The highest BCUT2D eigenvalue weighted by atomic mass is 35.5. The van der Waals surface area contributed by atoms with Gasteiger partial charge in [-0.05, 0) is 36.5 Å². The van der Waals surface area contributed by atoms with E-state index in [1.54, 1.807) is 6.92 Å². The average molecular weight is 207 g/mol. The van der Waals surface area contributed by atoms with Crippen LogP contribution in [0.1, 0.15) is 13.3 Å². The molecule has 0 spiro atoms. The molecule has 12 heavy (non-hydrogen) atoms. The summed E-state index contributed by atoms with van der Waals surface area (Å²) < 4.78 is 0. The molecule has 0 amide bonds. The molecule has 0 atom stereocenters. The van der Waals surface area contributed by atoms with Crippen molar-refractivity contribution in [1.82, 2.24) is 0 Å². The van der Waals surface area contributed by atoms with Crippen LogP contribution < -0.4 is 0 Å². The zero-order valence-corrected chi connectivity index (χ0v) is 8.08. The van der Waals surface area contributed by atoms with Crippen molar-refractivity contribution in [2.45, 2.75) is 13.3 Å². The highest BCUT2D eigenvalue weighted by Crippen LogP contribution is 2.07. The minimum atomic E-state index is -0.596. The fraction of sp³-hybridized carbons (Fsp3) is 0.250. The van der Waals surface area contributed by atoms with Crippen LogP contribution >= 0.6 is 23.2 Å². The van der Waals surface area contributed by atoms with Crippen molar-refractivity contribution in [3.8, 4) is 0 Å². The summed E-state index contributed by atoms with van der Waals surface area (Å²) in [5, 5.41) is -1.13. The molecule has 0 saturated heterocycles. The monoisotopic (exact) mass is 206 g/mol. The average Bonchev–Trinajstić information content (AvgIpc) is 1.98. The van der Waals surface area contributed by atoms with Gasteiger partial charge in [0.05, 0.1) is 0 Å². The third kappa shape index (κ3) is 4.31. The van der Waals surface area contributed by atoms with Crippen LogP contribution in [0.4, 0.5) is 0 Å². The fourth-order valence-corrected chi connectivity index (χ4v) is 0.591. The Morgan fingerprint density at radius 2 is 1.83 bits per heavy atom. The van der Waals surface area contributed by atoms with Crippen LogP contribution in [-0.4, -0.2) is 10.5 Å². The van der Waals surface area contributed by atoms with Crippen LogP contribution in [0.25, 0.3) is 0 Å². The Morgan fingerprint density at radius 1 is 1.33 bits per heavy atom. The number of hydrogen-bond donors (Lipinski definition) is 0. The molecule has 0 unspecified atom stereocenters. The van der Waals surface area contributed by atoms with Gasteiger partial charge in [-0.2, -0.15) is 0 Å². The van der Waals surface area contributed by atoms with Crippen LogP contribution in [0.3, 0.4) is 0 Å². The van der Waals surface area contributed by atoms with Gasteiger partial charge in [0.1, 0.15) is 0 Å². The maximum absolute atomic E-state index is 10.5. The first kappa shape index (κ1) is 11.4. The smallest absolute Gasteiger partial charge is 0.248 e. The van der Waals surface area contributed by atoms with Gasteiger partial charge < -0.3 is 0 Å². The van der Waals surface area contributed by atoms with Crippen molar-refractivity contribution in [3.05, 3.63) is 23.8 Å². The second-order valence-electron chi connectivity index (χ2n) is 2.24. The molecule has 0 aliphatic heterocycles. The quantitative estimate of drug-likeness (QED) is 0.524. The number of rotatable bonds is 4. The topological polar surface area (TPSA) is 34.1 Å². The van der Waals surface area contributed by atoms with Gasteiger partial charge >= 0.3 is 0 Å². The van der Waals surface area contributed by atoms with Gasteiger partial charge in [0.2, 0.25) is 10.5 Å². The van der Waals surface area contributed by atoms with Crippen molar-refractivity contribution in [2.75, 3.05) is 0 Å². The SMILES string of the molecule is C=C(CC=C(C)C(=O)Cl)C(=O)Cl. The Morgan fingerprint density at radius 3 is 2.17 bits per heavy atom. The molecular formula is C8H8Cl2O2. The molecule has 0 N–H and O–H groups in total. The molecule has 0 aliphatic rings. The first-order valence-electron chi connectivity index (χ1n) is 3.19. The zero-order valence-electron chi connectivity index (χ0n) is 6.56. The number of hydrogen-bond acceptors (Lipinski definition) is 2. The van der Waals surface area contributed by atoms with Gasteiger partial charge in [-0.15, -0.1) is 0 Å². The first-order chi connectivity index (χ1) is 5.45. The lowest BCUT2D eigenvalue weighted by atomic mass is 10.2. The van der Waals surface area contributed by atoms with Crippen LogP contribution in [-0.2, 0) is 9.59 Å². The van der Waals surface area contributed by atoms with Gasteiger partial charge in [0, 0.05) is 11.1 Å². The predicted octanol–water partition coefficient (Wildman–Crippen LogP) is 2.41. The van der Waals surface area contributed by atoms with Crippen LogP contribution in [0.15, 0.2) is 23.8 Å². The Hall–Kier alpha value is -0.600. The summed E-state index contributed by atoms with van der Waals surface area (Å²) in [5.41, 5.74) is 0.629. The molecule has 0 aromatic carbocycles. The Balaban J connectivity index is 4.14. The maximum atomic E-state index is 10.5. The number of carbonyl (C=O) groups excluding carboxylic acids is 2. The lowest BCUT2D eigenvalue weighted by molar-refractivity contribution is -0.109. The molecule has 0 bridgehead atoms. The highest BCUT2D eigenvalue weighted by Gasteiger charge is 2.02. The normalized spacial score (nSPS) is 11.1. The standard InChI is InChI=1S/C8H8Cl2O2/c1-5(7(9)11)3-4-6(2)8(10)12/h4H,1,3H2,2H3. The molecule has 0 radical (unpaired) electrons. The maximum Gasteiger partial charge on any atom is 0.248 e. The molecule has 0 aliphatic carbocycles. The van der Waals surface area contributed by atoms with Gasteiger partial charge in [-0.25, -0.2) is 0 Å². The van der Waals surface area contributed by atoms with Crippen molar-refractivity contribution >= 4 is 33.7 Å². The van der Waals surface area contributed by atoms with Gasteiger partial charge in [0.25, 0.3) is 0 Å². The Bertz CT molecular complexity index is 254. The summed E-state index contributed by atoms with van der Waals surface area (Å²) in [6, 6.07) is 0. The van der Waals surface area contributed by atoms with E-state index < -0.39 is 10.5 Å². The van der Waals surface area contributed by atoms with Crippen molar-refractivity contribution in [1.29, 1.82) is 0 Å². The third-order valence-corrected chi connectivity index (χ3v) is 1.81. The lowest BCUT2D eigenvalue weighted by Crippen LogP contribution is -1.92. The molecule has 0 heterocycles. The summed E-state index contributed by atoms with van der Waals surface area (Å²) in [7, 11) is 0. The van der Waals surface area contributed by atoms with E-state index in [0.717, 1.165) is 0 Å². The molecule has 0 aromatic heterocycles. The van der Waals surface area contributed by atoms with Crippen LogP contribution in [0, 0.1) is 0 Å². The van der Waals surface area contributed by atoms with E-state index in [9.17, 15) is 9.59 Å². The first-order valence-corrected chi connectivity index (χ1v) is 3.95. The van der Waals surface area contributed by atoms with Crippen molar-refractivity contribution in [2.24, 2.45) is 0 Å². The summed E-state index contributed by atoms with van der Waals surface area (Å²) in [4.78, 5) is 20.9. The van der Waals surface area contributed by atoms with Crippen molar-refractivity contribution in [3.63, 3.8) is 0 Å². The van der Waals surface area contributed by atoms with E-state index in [0.29, 0.717) is 5.57 Å². The number of halogens is 2. The zero-order chi connectivity index (χ0) is 9.72. The molecule has 66 valence electrons. The van der Waals surface area contributed by atoms with E-state index in [-0.39, 0.29) is 12.0 Å². The van der Waals surface area contributed by atoms with E-state index in [1.807, 2.05) is 0 Å². The highest BCUT2D eigenvalue weighted by molar-refractivity contribution is 6.68. The molecular weight excluding hydrogens is 199 g/mol. The summed E-state index contributed by atoms with van der Waals surface area (Å²) in [6.07, 6.45) is 1.77. The summed E-state index contributed by atoms with van der Waals surface area (Å²) in [6.45, 7) is 4.96. The second kappa shape index (κ2) is 5.12. The third-order valence-electron chi connectivity index (χ3n) is 1.24. The predicted molar refractivity (Wildman–Crippen MR) is 49.2 cm³/mol. The summed E-state index contributed by atoms with van der Waals surface area (Å²) in [5.74, 6) is 0. The number of carbonyl (C=O) groups is 2. The van der Waals surface area contributed by atoms with Crippen molar-refractivity contribution < 1.29 is 9.59 Å². The molecule has 2 nitrogen and oxygen atoms in total. The Kier molecular flexibility index (Phi) is 4.86. The molecule has 0 aromatic rings. The lowest BCUT2D eigenvalue weighted by Gasteiger charge is -1.94. The second-order valence-corrected chi connectivity index (χ2v) is 2.93. The molecule has 0 saturated carbocycles. The minimum absolute atomic E-state index is 0.244. The minimum Gasteiger partial charge on any atom is -0.276 e. The van der Waals surface area contributed by atoms with Gasteiger partial charge in [-0.3, -0.25) is 9.59 Å². The van der Waals surface area contributed by atoms with Crippen LogP contribution in [0.2, 0.25) is 0 Å². The van der Waals surface area contributed by atoms with E-state index in [1.165, 1.54) is 6.08 Å². The molecule has 4 heteroatoms. The van der Waals surface area contributed by atoms with Crippen LogP contribution in [0.5, 0.6) is 0 Å². The Labute approximate surface area is 80.8 Å². The van der Waals surface area contributed by atoms with E-state index in [2.05, 4.69) is 6.58 Å².